The van der Waals surface area contributed by atoms with Crippen LogP contribution in [-0.2, 0) is 11.2 Å². The van der Waals surface area contributed by atoms with Gasteiger partial charge in [-0.05, 0) is 42.9 Å². The summed E-state index contributed by atoms with van der Waals surface area (Å²) in [6, 6.07) is 5.78. The third-order valence-electron chi connectivity index (χ3n) is 4.93. The number of amides is 2. The zero-order valence-corrected chi connectivity index (χ0v) is 13.5. The van der Waals surface area contributed by atoms with Gasteiger partial charge in [-0.25, -0.2) is 0 Å². The molecule has 1 aromatic rings. The number of hydrogen-bond acceptors (Lipinski definition) is 2. The Labute approximate surface area is 132 Å². The number of fused-ring (bicyclic) bond motifs is 1. The van der Waals surface area contributed by atoms with Gasteiger partial charge in [-0.15, -0.1) is 0 Å². The summed E-state index contributed by atoms with van der Waals surface area (Å²) in [5.41, 5.74) is 2.77. The molecule has 118 valence electrons. The van der Waals surface area contributed by atoms with Gasteiger partial charge >= 0.3 is 0 Å². The highest BCUT2D eigenvalue weighted by Crippen LogP contribution is 2.32. The lowest BCUT2D eigenvalue weighted by Crippen LogP contribution is -2.38. The Morgan fingerprint density at radius 3 is 2.59 bits per heavy atom. The smallest absolute Gasteiger partial charge is 0.254 e. The van der Waals surface area contributed by atoms with E-state index < -0.39 is 0 Å². The predicted octanol–water partition coefficient (Wildman–Crippen LogP) is 2.86. The van der Waals surface area contributed by atoms with E-state index in [1.54, 1.807) is 0 Å². The van der Waals surface area contributed by atoms with Crippen molar-refractivity contribution in [3.63, 3.8) is 0 Å². The van der Waals surface area contributed by atoms with Gasteiger partial charge in [0.05, 0.1) is 0 Å². The standard InChI is InChI=1S/C18H24N2O2/c1-3-17(21)20-12-9-14-15(5-4-6-16(14)20)18(22)19-10-7-13(2)8-11-19/h4-6,13H,3,7-12H2,1-2H3. The molecule has 22 heavy (non-hydrogen) atoms. The van der Waals surface area contributed by atoms with Crippen molar-refractivity contribution in [1.82, 2.24) is 4.90 Å². The molecule has 2 aliphatic rings. The normalized spacial score (nSPS) is 18.5. The molecule has 0 aromatic heterocycles. The fourth-order valence-corrected chi connectivity index (χ4v) is 3.47. The Hall–Kier alpha value is -1.84. The van der Waals surface area contributed by atoms with Gasteiger partial charge in [-0.1, -0.05) is 19.9 Å². The van der Waals surface area contributed by atoms with E-state index in [1.165, 1.54) is 0 Å². The zero-order chi connectivity index (χ0) is 15.7. The summed E-state index contributed by atoms with van der Waals surface area (Å²) >= 11 is 0. The van der Waals surface area contributed by atoms with Crippen molar-refractivity contribution in [1.29, 1.82) is 0 Å². The largest absolute Gasteiger partial charge is 0.339 e. The van der Waals surface area contributed by atoms with Crippen LogP contribution in [0.25, 0.3) is 0 Å². The van der Waals surface area contributed by atoms with Crippen molar-refractivity contribution >= 4 is 17.5 Å². The lowest BCUT2D eigenvalue weighted by molar-refractivity contribution is -0.118. The monoisotopic (exact) mass is 300 g/mol. The molecule has 2 aliphatic heterocycles. The summed E-state index contributed by atoms with van der Waals surface area (Å²) in [4.78, 5) is 28.7. The summed E-state index contributed by atoms with van der Waals surface area (Å²) in [7, 11) is 0. The molecular weight excluding hydrogens is 276 g/mol. The van der Waals surface area contributed by atoms with E-state index in [-0.39, 0.29) is 11.8 Å². The molecule has 2 amide bonds. The Morgan fingerprint density at radius 1 is 1.18 bits per heavy atom. The first-order chi connectivity index (χ1) is 10.6. The maximum atomic E-state index is 12.8. The van der Waals surface area contributed by atoms with Crippen molar-refractivity contribution in [2.45, 2.75) is 39.5 Å². The van der Waals surface area contributed by atoms with E-state index in [2.05, 4.69) is 6.92 Å². The summed E-state index contributed by atoms with van der Waals surface area (Å²) in [5.74, 6) is 0.980. The van der Waals surface area contributed by atoms with Gasteiger partial charge in [-0.2, -0.15) is 0 Å². The van der Waals surface area contributed by atoms with Crippen LogP contribution in [0, 0.1) is 5.92 Å². The number of piperidine rings is 1. The van der Waals surface area contributed by atoms with Gasteiger partial charge in [0.15, 0.2) is 0 Å². The van der Waals surface area contributed by atoms with E-state index in [0.29, 0.717) is 18.9 Å². The van der Waals surface area contributed by atoms with Crippen LogP contribution in [0.2, 0.25) is 0 Å². The predicted molar refractivity (Wildman–Crippen MR) is 87.1 cm³/mol. The van der Waals surface area contributed by atoms with Crippen LogP contribution >= 0.6 is 0 Å². The molecule has 1 saturated heterocycles. The quantitative estimate of drug-likeness (QED) is 0.842. The third-order valence-corrected chi connectivity index (χ3v) is 4.93. The Morgan fingerprint density at radius 2 is 1.91 bits per heavy atom. The molecule has 4 nitrogen and oxygen atoms in total. The summed E-state index contributed by atoms with van der Waals surface area (Å²) in [6.45, 7) is 6.52. The molecule has 0 unspecified atom stereocenters. The summed E-state index contributed by atoms with van der Waals surface area (Å²) in [5, 5.41) is 0. The van der Waals surface area contributed by atoms with Crippen molar-refractivity contribution in [2.75, 3.05) is 24.5 Å². The van der Waals surface area contributed by atoms with Crippen molar-refractivity contribution in [3.05, 3.63) is 29.3 Å². The van der Waals surface area contributed by atoms with Crippen LogP contribution in [0.4, 0.5) is 5.69 Å². The fraction of sp³-hybridized carbons (Fsp3) is 0.556. The zero-order valence-electron chi connectivity index (χ0n) is 13.5. The number of carbonyl (C=O) groups excluding carboxylic acids is 2. The maximum absolute atomic E-state index is 12.8. The van der Waals surface area contributed by atoms with Gasteiger partial charge in [0.1, 0.15) is 0 Å². The van der Waals surface area contributed by atoms with E-state index in [4.69, 9.17) is 0 Å². The lowest BCUT2D eigenvalue weighted by atomic mass is 9.97. The number of likely N-dealkylation sites (tertiary alicyclic amines) is 1. The molecule has 0 saturated carbocycles. The second-order valence-corrected chi connectivity index (χ2v) is 6.43. The highest BCUT2D eigenvalue weighted by Gasteiger charge is 2.29. The second-order valence-electron chi connectivity index (χ2n) is 6.43. The summed E-state index contributed by atoms with van der Waals surface area (Å²) < 4.78 is 0. The van der Waals surface area contributed by atoms with E-state index in [1.807, 2.05) is 34.9 Å². The number of benzene rings is 1. The minimum atomic E-state index is 0.134. The molecular formula is C18H24N2O2. The molecule has 0 radical (unpaired) electrons. The first-order valence-corrected chi connectivity index (χ1v) is 8.33. The van der Waals surface area contributed by atoms with E-state index in [0.717, 1.165) is 49.2 Å². The van der Waals surface area contributed by atoms with Crippen LogP contribution in [0.1, 0.15) is 49.0 Å². The summed E-state index contributed by atoms with van der Waals surface area (Å²) in [6.07, 6.45) is 3.46. The third kappa shape index (κ3) is 2.62. The molecule has 2 heterocycles. The molecule has 1 aromatic carbocycles. The Kier molecular flexibility index (Phi) is 4.19. The maximum Gasteiger partial charge on any atom is 0.254 e. The van der Waals surface area contributed by atoms with Gasteiger partial charge in [-0.3, -0.25) is 9.59 Å². The molecule has 0 bridgehead atoms. The molecule has 4 heteroatoms. The van der Waals surface area contributed by atoms with Gasteiger partial charge in [0.25, 0.3) is 5.91 Å². The fourth-order valence-electron chi connectivity index (χ4n) is 3.47. The van der Waals surface area contributed by atoms with Crippen molar-refractivity contribution in [3.8, 4) is 0 Å². The van der Waals surface area contributed by atoms with Gasteiger partial charge in [0.2, 0.25) is 5.91 Å². The Bertz CT molecular complexity index is 589. The molecule has 3 rings (SSSR count). The number of rotatable bonds is 2. The van der Waals surface area contributed by atoms with Gasteiger partial charge in [0, 0.05) is 37.3 Å². The number of anilines is 1. The minimum absolute atomic E-state index is 0.134. The van der Waals surface area contributed by atoms with E-state index >= 15 is 0 Å². The molecule has 0 aliphatic carbocycles. The minimum Gasteiger partial charge on any atom is -0.339 e. The van der Waals surface area contributed by atoms with Crippen LogP contribution in [0.5, 0.6) is 0 Å². The van der Waals surface area contributed by atoms with Crippen molar-refractivity contribution in [2.24, 2.45) is 5.92 Å². The molecule has 1 fully saturated rings. The van der Waals surface area contributed by atoms with Crippen LogP contribution in [-0.4, -0.2) is 36.3 Å². The number of nitrogens with zero attached hydrogens (tertiary/aromatic N) is 2. The molecule has 0 spiro atoms. The van der Waals surface area contributed by atoms with E-state index in [9.17, 15) is 9.59 Å². The first-order valence-electron chi connectivity index (χ1n) is 8.33. The topological polar surface area (TPSA) is 40.6 Å². The molecule has 0 N–H and O–H groups in total. The number of carbonyl (C=O) groups is 2. The van der Waals surface area contributed by atoms with Crippen LogP contribution in [0.15, 0.2) is 18.2 Å². The Balaban J connectivity index is 1.85. The van der Waals surface area contributed by atoms with Crippen LogP contribution < -0.4 is 4.90 Å². The van der Waals surface area contributed by atoms with Crippen molar-refractivity contribution < 1.29 is 9.59 Å². The average molecular weight is 300 g/mol. The first kappa shape index (κ1) is 15.1. The number of hydrogen-bond donors (Lipinski definition) is 0. The SMILES string of the molecule is CCC(=O)N1CCc2c(C(=O)N3CCC(C)CC3)cccc21. The highest BCUT2D eigenvalue weighted by molar-refractivity contribution is 6.01. The average Bonchev–Trinajstić information content (AvgIpc) is 2.98. The lowest BCUT2D eigenvalue weighted by Gasteiger charge is -2.30. The van der Waals surface area contributed by atoms with Crippen LogP contribution in [0.3, 0.4) is 0 Å². The molecule has 0 atom stereocenters. The van der Waals surface area contributed by atoms with Gasteiger partial charge < -0.3 is 9.80 Å². The second kappa shape index (κ2) is 6.11. The highest BCUT2D eigenvalue weighted by atomic mass is 16.2.